The summed E-state index contributed by atoms with van der Waals surface area (Å²) in [4.78, 5) is 36.2. The highest BCUT2D eigenvalue weighted by molar-refractivity contribution is 6.39. The summed E-state index contributed by atoms with van der Waals surface area (Å²) in [5.74, 6) is -1.54. The van der Waals surface area contributed by atoms with Crippen LogP contribution in [0.2, 0.25) is 5.02 Å². The topological polar surface area (TPSA) is 109 Å². The molecule has 0 saturated carbocycles. The van der Waals surface area contributed by atoms with E-state index >= 15 is 0 Å². The highest BCUT2D eigenvalue weighted by Crippen LogP contribution is 2.20. The molecule has 35 heavy (non-hydrogen) atoms. The average Bonchev–Trinajstić information content (AvgIpc) is 2.83. The molecule has 3 aromatic rings. The number of halogens is 1. The number of hydrogen-bond donors (Lipinski definition) is 3. The molecule has 0 bridgehead atoms. The second kappa shape index (κ2) is 11.8. The lowest BCUT2D eigenvalue weighted by Crippen LogP contribution is -2.32. The first kappa shape index (κ1) is 25.5. The number of aryl methyl sites for hydroxylation is 2. The Morgan fingerprint density at radius 1 is 0.914 bits per heavy atom. The Labute approximate surface area is 208 Å². The molecule has 3 N–H and O–H groups in total. The number of carbonyl (C=O) groups is 3. The number of amides is 3. The Hall–Kier alpha value is -4.17. The van der Waals surface area contributed by atoms with Gasteiger partial charge in [-0.05, 0) is 85.5 Å². The van der Waals surface area contributed by atoms with Gasteiger partial charge >= 0.3 is 11.8 Å². The van der Waals surface area contributed by atoms with Crippen LogP contribution in [0.15, 0.2) is 65.8 Å². The van der Waals surface area contributed by atoms with E-state index in [2.05, 4.69) is 21.2 Å². The highest BCUT2D eigenvalue weighted by atomic mass is 35.5. The molecule has 0 saturated heterocycles. The van der Waals surface area contributed by atoms with Gasteiger partial charge in [0.15, 0.2) is 6.61 Å². The van der Waals surface area contributed by atoms with Crippen LogP contribution in [0, 0.1) is 20.8 Å². The molecule has 0 aliphatic rings. The Morgan fingerprint density at radius 3 is 2.37 bits per heavy atom. The summed E-state index contributed by atoms with van der Waals surface area (Å²) in [6, 6.07) is 17.4. The number of nitrogens with zero attached hydrogens (tertiary/aromatic N) is 1. The van der Waals surface area contributed by atoms with Gasteiger partial charge in [0.05, 0.1) is 6.21 Å². The van der Waals surface area contributed by atoms with Crippen LogP contribution in [0.3, 0.4) is 0 Å². The van der Waals surface area contributed by atoms with Crippen molar-refractivity contribution in [2.45, 2.75) is 20.8 Å². The molecule has 0 heterocycles. The minimum atomic E-state index is -0.886. The molecule has 3 rings (SSSR count). The van der Waals surface area contributed by atoms with E-state index in [0.717, 1.165) is 16.7 Å². The van der Waals surface area contributed by atoms with E-state index in [4.69, 9.17) is 16.3 Å². The summed E-state index contributed by atoms with van der Waals surface area (Å²) in [5, 5.41) is 9.66. The van der Waals surface area contributed by atoms with Crippen LogP contribution in [-0.2, 0) is 14.4 Å². The van der Waals surface area contributed by atoms with Crippen LogP contribution < -0.4 is 20.8 Å². The summed E-state index contributed by atoms with van der Waals surface area (Å²) in [7, 11) is 0. The molecule has 0 spiro atoms. The van der Waals surface area contributed by atoms with Crippen molar-refractivity contribution in [2.24, 2.45) is 5.10 Å². The third-order valence-corrected chi connectivity index (χ3v) is 5.55. The number of rotatable bonds is 7. The minimum Gasteiger partial charge on any atom is -0.484 e. The van der Waals surface area contributed by atoms with E-state index in [9.17, 15) is 14.4 Å². The van der Waals surface area contributed by atoms with Crippen molar-refractivity contribution in [2.75, 3.05) is 17.2 Å². The van der Waals surface area contributed by atoms with E-state index in [1.54, 1.807) is 48.5 Å². The van der Waals surface area contributed by atoms with Crippen LogP contribution in [0.25, 0.3) is 0 Å². The minimum absolute atomic E-state index is 0.176. The Kier molecular flexibility index (Phi) is 8.58. The number of ether oxygens (including phenoxy) is 1. The Bertz CT molecular complexity index is 1270. The number of hydrazone groups is 1. The van der Waals surface area contributed by atoms with Crippen molar-refractivity contribution in [3.05, 3.63) is 87.9 Å². The maximum atomic E-state index is 12.1. The van der Waals surface area contributed by atoms with Crippen molar-refractivity contribution in [3.63, 3.8) is 0 Å². The zero-order valence-electron chi connectivity index (χ0n) is 19.5. The first-order valence-electron chi connectivity index (χ1n) is 10.7. The number of hydrogen-bond acceptors (Lipinski definition) is 5. The molecular formula is C26H25ClN4O4. The Balaban J connectivity index is 1.45. The van der Waals surface area contributed by atoms with Crippen LogP contribution in [0.5, 0.6) is 5.75 Å². The molecule has 0 aliphatic carbocycles. The van der Waals surface area contributed by atoms with Gasteiger partial charge in [-0.1, -0.05) is 29.8 Å². The standard InChI is InChI=1S/C26H25ClN4O4/c1-16-5-4-6-23(18(16)3)30-25(33)26(34)31-28-14-19-8-11-21(12-9-19)35-15-24(32)29-20-10-7-17(2)22(27)13-20/h4-14H,15H2,1-3H3,(H,29,32)(H,30,33)(H,31,34)/b28-14-. The second-order valence-electron chi connectivity index (χ2n) is 7.77. The molecule has 0 atom stereocenters. The van der Waals surface area contributed by atoms with Gasteiger partial charge in [0, 0.05) is 16.4 Å². The second-order valence-corrected chi connectivity index (χ2v) is 8.18. The van der Waals surface area contributed by atoms with Gasteiger partial charge in [0.2, 0.25) is 0 Å². The van der Waals surface area contributed by atoms with Crippen LogP contribution in [0.4, 0.5) is 11.4 Å². The SMILES string of the molecule is Cc1ccc(NC(=O)COc2ccc(/C=N\NC(=O)C(=O)Nc3cccc(C)c3C)cc2)cc1Cl. The van der Waals surface area contributed by atoms with E-state index in [1.807, 2.05) is 32.9 Å². The van der Waals surface area contributed by atoms with Gasteiger partial charge in [-0.2, -0.15) is 5.10 Å². The normalized spacial score (nSPS) is 10.6. The molecule has 8 nitrogen and oxygen atoms in total. The maximum Gasteiger partial charge on any atom is 0.329 e. The summed E-state index contributed by atoms with van der Waals surface area (Å²) in [5.41, 5.74) is 6.82. The molecule has 9 heteroatoms. The fourth-order valence-electron chi connectivity index (χ4n) is 2.95. The van der Waals surface area contributed by atoms with Crippen molar-refractivity contribution in [3.8, 4) is 5.75 Å². The average molecular weight is 493 g/mol. The first-order chi connectivity index (χ1) is 16.7. The summed E-state index contributed by atoms with van der Waals surface area (Å²) in [6.07, 6.45) is 1.39. The van der Waals surface area contributed by atoms with Crippen molar-refractivity contribution >= 4 is 46.9 Å². The van der Waals surface area contributed by atoms with Gasteiger partial charge in [0.25, 0.3) is 5.91 Å². The van der Waals surface area contributed by atoms with Crippen LogP contribution in [0.1, 0.15) is 22.3 Å². The lowest BCUT2D eigenvalue weighted by atomic mass is 10.1. The van der Waals surface area contributed by atoms with Gasteiger partial charge in [-0.3, -0.25) is 14.4 Å². The molecule has 0 unspecified atom stereocenters. The first-order valence-corrected chi connectivity index (χ1v) is 11.1. The number of carbonyl (C=O) groups excluding carboxylic acids is 3. The van der Waals surface area contributed by atoms with Gasteiger partial charge in [-0.15, -0.1) is 0 Å². The predicted molar refractivity (Wildman–Crippen MR) is 137 cm³/mol. The van der Waals surface area contributed by atoms with Crippen LogP contribution >= 0.6 is 11.6 Å². The quantitative estimate of drug-likeness (QED) is 0.258. The van der Waals surface area contributed by atoms with E-state index in [-0.39, 0.29) is 12.5 Å². The highest BCUT2D eigenvalue weighted by Gasteiger charge is 2.14. The molecule has 3 amide bonds. The fraction of sp³-hybridized carbons (Fsp3) is 0.154. The Morgan fingerprint density at radius 2 is 1.66 bits per heavy atom. The zero-order chi connectivity index (χ0) is 25.4. The van der Waals surface area contributed by atoms with Crippen LogP contribution in [-0.4, -0.2) is 30.5 Å². The van der Waals surface area contributed by atoms with E-state index < -0.39 is 11.8 Å². The van der Waals surface area contributed by atoms with E-state index in [1.165, 1.54) is 6.21 Å². The third-order valence-electron chi connectivity index (χ3n) is 5.14. The van der Waals surface area contributed by atoms with Crippen molar-refractivity contribution < 1.29 is 19.1 Å². The monoisotopic (exact) mass is 492 g/mol. The van der Waals surface area contributed by atoms with Gasteiger partial charge < -0.3 is 15.4 Å². The summed E-state index contributed by atoms with van der Waals surface area (Å²) in [6.45, 7) is 5.48. The third kappa shape index (κ3) is 7.41. The lowest BCUT2D eigenvalue weighted by Gasteiger charge is -2.09. The molecule has 180 valence electrons. The zero-order valence-corrected chi connectivity index (χ0v) is 20.3. The summed E-state index contributed by atoms with van der Waals surface area (Å²) < 4.78 is 5.49. The maximum absolute atomic E-state index is 12.1. The number of anilines is 2. The molecular weight excluding hydrogens is 468 g/mol. The molecule has 0 fully saturated rings. The number of nitrogens with one attached hydrogen (secondary N) is 3. The summed E-state index contributed by atoms with van der Waals surface area (Å²) >= 11 is 6.06. The molecule has 0 aliphatic heterocycles. The molecule has 3 aromatic carbocycles. The van der Waals surface area contributed by atoms with Gasteiger partial charge in [0.1, 0.15) is 5.75 Å². The van der Waals surface area contributed by atoms with E-state index in [0.29, 0.717) is 27.7 Å². The van der Waals surface area contributed by atoms with Crippen molar-refractivity contribution in [1.82, 2.24) is 5.43 Å². The lowest BCUT2D eigenvalue weighted by molar-refractivity contribution is -0.136. The fourth-order valence-corrected chi connectivity index (χ4v) is 3.13. The molecule has 0 radical (unpaired) electrons. The van der Waals surface area contributed by atoms with Crippen molar-refractivity contribution in [1.29, 1.82) is 0 Å². The number of benzene rings is 3. The largest absolute Gasteiger partial charge is 0.484 e. The predicted octanol–water partition coefficient (Wildman–Crippen LogP) is 4.37. The van der Waals surface area contributed by atoms with Gasteiger partial charge in [-0.25, -0.2) is 5.43 Å². The molecule has 0 aromatic heterocycles. The smallest absolute Gasteiger partial charge is 0.329 e.